The van der Waals surface area contributed by atoms with Gasteiger partial charge in [0.1, 0.15) is 0 Å². The van der Waals surface area contributed by atoms with E-state index in [0.717, 1.165) is 13.2 Å². The van der Waals surface area contributed by atoms with Crippen LogP contribution >= 0.6 is 0 Å². The minimum atomic E-state index is -1.36. The van der Waals surface area contributed by atoms with Crippen molar-refractivity contribution in [3.63, 3.8) is 0 Å². The number of esters is 2. The Balaban J connectivity index is 2.19. The van der Waals surface area contributed by atoms with Gasteiger partial charge in [0.2, 0.25) is 0 Å². The molecule has 0 heterocycles. The summed E-state index contributed by atoms with van der Waals surface area (Å²) in [6, 6.07) is 16.3. The molecular formula is C19H19B2NO6. The third kappa shape index (κ3) is 5.99. The zero-order chi connectivity index (χ0) is 20.4. The average molecular weight is 379 g/mol. The Labute approximate surface area is 164 Å². The van der Waals surface area contributed by atoms with Gasteiger partial charge in [0.15, 0.2) is 0 Å². The van der Waals surface area contributed by atoms with Crippen LogP contribution in [0.4, 0.5) is 0 Å². The van der Waals surface area contributed by atoms with Gasteiger partial charge in [-0.15, -0.1) is 0 Å². The molecule has 9 heteroatoms. The molecule has 2 aromatic rings. The van der Waals surface area contributed by atoms with Gasteiger partial charge in [-0.05, 0) is 0 Å². The number of ether oxygens (including phenoxy) is 2. The van der Waals surface area contributed by atoms with E-state index in [0.29, 0.717) is 0 Å². The molecule has 0 fully saturated rings. The normalized spacial score (nSPS) is 13.3. The molecule has 28 heavy (non-hydrogen) atoms. The van der Waals surface area contributed by atoms with E-state index in [-0.39, 0.29) is 17.7 Å². The maximum atomic E-state index is 12.4. The first-order chi connectivity index (χ1) is 13.6. The van der Waals surface area contributed by atoms with Gasteiger partial charge in [-0.25, -0.2) is 0 Å². The molecule has 0 bridgehead atoms. The van der Waals surface area contributed by atoms with Crippen molar-refractivity contribution >= 4 is 32.5 Å². The summed E-state index contributed by atoms with van der Waals surface area (Å²) >= 11 is 0. The summed E-state index contributed by atoms with van der Waals surface area (Å²) in [4.78, 5) is 24.7. The fraction of sp³-hybridized carbons (Fsp3) is 0.211. The second-order valence-corrected chi connectivity index (χ2v) is 5.71. The molecule has 7 nitrogen and oxygen atoms in total. The Morgan fingerprint density at radius 2 is 1.50 bits per heavy atom. The van der Waals surface area contributed by atoms with Crippen LogP contribution in [0.25, 0.3) is 0 Å². The van der Waals surface area contributed by atoms with Gasteiger partial charge < -0.3 is 0 Å². The molecule has 0 spiro atoms. The SMILES string of the molecule is B=BOC[C@@H](O)[C@@H](OC(=O)c1ccccc1)[C@H](C=N)OC(=O)c1ccccc1. The average Bonchev–Trinajstić information content (AvgIpc) is 2.75. The Morgan fingerprint density at radius 3 is 1.96 bits per heavy atom. The van der Waals surface area contributed by atoms with E-state index in [1.807, 2.05) is 0 Å². The summed E-state index contributed by atoms with van der Waals surface area (Å²) in [5.41, 5.74) is 0.516. The summed E-state index contributed by atoms with van der Waals surface area (Å²) in [7, 11) is 4.50. The topological polar surface area (TPSA) is 106 Å². The summed E-state index contributed by atoms with van der Waals surface area (Å²) < 4.78 is 15.6. The Kier molecular flexibility index (Phi) is 8.30. The molecule has 142 valence electrons. The molecule has 2 aromatic carbocycles. The Bertz CT molecular complexity index is 803. The van der Waals surface area contributed by atoms with Crippen LogP contribution in [0.2, 0.25) is 0 Å². The van der Waals surface area contributed by atoms with Gasteiger partial charge in [-0.2, -0.15) is 0 Å². The van der Waals surface area contributed by atoms with Crippen LogP contribution in [-0.4, -0.2) is 62.6 Å². The molecule has 0 aliphatic rings. The van der Waals surface area contributed by atoms with Crippen molar-refractivity contribution in [3.8, 4) is 0 Å². The number of carbonyl (C=O) groups is 2. The zero-order valence-corrected chi connectivity index (χ0v) is 15.1. The van der Waals surface area contributed by atoms with Crippen molar-refractivity contribution in [1.29, 1.82) is 5.41 Å². The van der Waals surface area contributed by atoms with Crippen molar-refractivity contribution in [2.24, 2.45) is 0 Å². The van der Waals surface area contributed by atoms with Gasteiger partial charge in [0, 0.05) is 0 Å². The van der Waals surface area contributed by atoms with E-state index in [2.05, 4.69) is 7.37 Å². The van der Waals surface area contributed by atoms with Crippen molar-refractivity contribution in [3.05, 3.63) is 71.8 Å². The molecule has 0 aromatic heterocycles. The number of aliphatic hydroxyl groups is 1. The number of carbonyl (C=O) groups excluding carboxylic acids is 2. The molecule has 0 aliphatic carbocycles. The van der Waals surface area contributed by atoms with Crippen molar-refractivity contribution in [2.75, 3.05) is 6.61 Å². The molecule has 2 N–H and O–H groups in total. The Hall–Kier alpha value is -3.06. The summed E-state index contributed by atoms with van der Waals surface area (Å²) in [6.07, 6.45) is -3.23. The first-order valence-electron chi connectivity index (χ1n) is 8.50. The van der Waals surface area contributed by atoms with Gasteiger partial charge >= 0.3 is 163 Å². The molecule has 0 unspecified atom stereocenters. The molecule has 0 aliphatic heterocycles. The molecule has 0 saturated heterocycles. The van der Waals surface area contributed by atoms with E-state index in [1.165, 1.54) is 0 Å². The number of nitrogens with one attached hydrogen (secondary N) is 1. The molecule has 0 amide bonds. The number of hydrogen-bond acceptors (Lipinski definition) is 7. The first-order valence-corrected chi connectivity index (χ1v) is 8.50. The van der Waals surface area contributed by atoms with Crippen molar-refractivity contribution < 1.29 is 28.8 Å². The van der Waals surface area contributed by atoms with Crippen LogP contribution < -0.4 is 0 Å². The summed E-state index contributed by atoms with van der Waals surface area (Å²) in [5, 5.41) is 18.0. The molecule has 3 atom stereocenters. The van der Waals surface area contributed by atoms with Gasteiger partial charge in [-0.3, -0.25) is 0 Å². The van der Waals surface area contributed by atoms with E-state index < -0.39 is 30.3 Å². The summed E-state index contributed by atoms with van der Waals surface area (Å²) in [6.45, 7) is -0.260. The quantitative estimate of drug-likeness (QED) is 0.361. The van der Waals surface area contributed by atoms with Crippen LogP contribution in [-0.2, 0) is 14.1 Å². The minimum absolute atomic E-state index is 0.252. The third-order valence-electron chi connectivity index (χ3n) is 3.76. The van der Waals surface area contributed by atoms with E-state index in [1.54, 1.807) is 60.7 Å². The predicted octanol–water partition coefficient (Wildman–Crippen LogP) is 0.900. The second kappa shape index (κ2) is 10.9. The fourth-order valence-corrected chi connectivity index (χ4v) is 2.35. The van der Waals surface area contributed by atoms with E-state index in [4.69, 9.17) is 19.5 Å². The molecule has 0 saturated carbocycles. The van der Waals surface area contributed by atoms with Crippen LogP contribution in [0.15, 0.2) is 60.7 Å². The third-order valence-corrected chi connectivity index (χ3v) is 3.76. The molecular weight excluding hydrogens is 360 g/mol. The monoisotopic (exact) mass is 379 g/mol. The summed E-state index contributed by atoms with van der Waals surface area (Å²) in [5.74, 6) is -1.45. The van der Waals surface area contributed by atoms with Crippen LogP contribution in [0.5, 0.6) is 0 Å². The predicted molar refractivity (Wildman–Crippen MR) is 105 cm³/mol. The number of rotatable bonds is 10. The van der Waals surface area contributed by atoms with Gasteiger partial charge in [0.25, 0.3) is 0 Å². The zero-order valence-electron chi connectivity index (χ0n) is 15.1. The number of benzene rings is 2. The van der Waals surface area contributed by atoms with Crippen molar-refractivity contribution in [2.45, 2.75) is 18.3 Å². The Morgan fingerprint density at radius 1 is 1.00 bits per heavy atom. The standard InChI is InChI=1S/C19H19B2NO6/c20-21-26-12-15(23)17(28-19(25)14-9-5-2-6-10-14)16(11-22)27-18(24)13-7-3-1-4-8-13/h1-11,15-17,20,22-23H,12H2/t15-,16+,17-/m1/s1. The van der Waals surface area contributed by atoms with Gasteiger partial charge in [0.05, 0.1) is 0 Å². The molecule has 2 rings (SSSR count). The van der Waals surface area contributed by atoms with Crippen LogP contribution in [0.3, 0.4) is 0 Å². The molecule has 0 radical (unpaired) electrons. The van der Waals surface area contributed by atoms with Crippen LogP contribution in [0, 0.1) is 5.41 Å². The van der Waals surface area contributed by atoms with E-state index in [9.17, 15) is 14.7 Å². The van der Waals surface area contributed by atoms with E-state index >= 15 is 0 Å². The van der Waals surface area contributed by atoms with Crippen molar-refractivity contribution in [1.82, 2.24) is 0 Å². The first kappa shape index (κ1) is 21.2. The maximum absolute atomic E-state index is 12.4. The number of hydrogen-bond donors (Lipinski definition) is 2. The second-order valence-electron chi connectivity index (χ2n) is 5.71. The fourth-order valence-electron chi connectivity index (χ4n) is 2.35. The van der Waals surface area contributed by atoms with Gasteiger partial charge in [-0.1, -0.05) is 0 Å². The van der Waals surface area contributed by atoms with Crippen LogP contribution in [0.1, 0.15) is 20.7 Å². The number of aliphatic hydroxyl groups excluding tert-OH is 1.